The number of benzene rings is 1. The Morgan fingerprint density at radius 2 is 1.95 bits per heavy atom. The number of carboxylic acids is 1. The summed E-state index contributed by atoms with van der Waals surface area (Å²) in [7, 11) is -4.45. The first-order valence-corrected chi connectivity index (χ1v) is 7.88. The molecule has 1 unspecified atom stereocenters. The largest absolute Gasteiger partial charge is 0.480 e. The lowest BCUT2D eigenvalue weighted by Gasteiger charge is -2.15. The highest BCUT2D eigenvalue weighted by molar-refractivity contribution is 7.89. The van der Waals surface area contributed by atoms with Gasteiger partial charge in [-0.15, -0.1) is 0 Å². The van der Waals surface area contributed by atoms with Gasteiger partial charge in [-0.05, 0) is 31.0 Å². The molecule has 1 aromatic rings. The summed E-state index contributed by atoms with van der Waals surface area (Å²) < 4.78 is 53.0. The van der Waals surface area contributed by atoms with E-state index in [0.717, 1.165) is 6.07 Å². The third-order valence-corrected chi connectivity index (χ3v) is 4.43. The van der Waals surface area contributed by atoms with Crippen LogP contribution in [0.2, 0.25) is 0 Å². The predicted molar refractivity (Wildman–Crippen MR) is 72.4 cm³/mol. The lowest BCUT2D eigenvalue weighted by molar-refractivity contribution is -0.139. The molecule has 0 bridgehead atoms. The molecule has 5 nitrogen and oxygen atoms in total. The van der Waals surface area contributed by atoms with E-state index in [0.29, 0.717) is 18.9 Å². The highest BCUT2D eigenvalue weighted by atomic mass is 32.2. The number of carbonyl (C=O) groups is 1. The van der Waals surface area contributed by atoms with E-state index in [4.69, 9.17) is 5.11 Å². The fraction of sp³-hybridized carbons (Fsp3) is 0.462. The second-order valence-electron chi connectivity index (χ2n) is 4.69. The fourth-order valence-corrected chi connectivity index (χ4v) is 3.02. The van der Waals surface area contributed by atoms with Crippen molar-refractivity contribution in [1.82, 2.24) is 4.72 Å². The molecule has 0 amide bonds. The number of sulfonamides is 1. The minimum atomic E-state index is -4.45. The van der Waals surface area contributed by atoms with Crippen LogP contribution in [0.25, 0.3) is 0 Å². The van der Waals surface area contributed by atoms with E-state index in [1.54, 1.807) is 0 Å². The molecule has 0 saturated heterocycles. The van der Waals surface area contributed by atoms with Crippen LogP contribution in [0, 0.1) is 18.6 Å². The first kappa shape index (κ1) is 17.5. The van der Waals surface area contributed by atoms with Gasteiger partial charge >= 0.3 is 5.97 Å². The molecule has 118 valence electrons. The third-order valence-electron chi connectivity index (χ3n) is 2.94. The molecule has 0 aliphatic rings. The monoisotopic (exact) mass is 321 g/mol. The van der Waals surface area contributed by atoms with Crippen molar-refractivity contribution in [3.8, 4) is 0 Å². The van der Waals surface area contributed by atoms with Crippen LogP contribution in [0.15, 0.2) is 17.0 Å². The van der Waals surface area contributed by atoms with Crippen molar-refractivity contribution in [2.45, 2.75) is 44.0 Å². The normalized spacial score (nSPS) is 13.1. The maximum atomic E-state index is 13.7. The number of halogens is 2. The number of aliphatic carboxylic acids is 1. The van der Waals surface area contributed by atoms with Gasteiger partial charge in [0.2, 0.25) is 10.0 Å². The van der Waals surface area contributed by atoms with Crippen molar-refractivity contribution < 1.29 is 27.1 Å². The van der Waals surface area contributed by atoms with Crippen LogP contribution in [0.1, 0.15) is 31.7 Å². The van der Waals surface area contributed by atoms with Gasteiger partial charge in [0.05, 0.1) is 0 Å². The molecule has 2 N–H and O–H groups in total. The standard InChI is InChI=1S/C13H17F2NO4S/c1-3-4-5-11(13(17)18)16-21(19,20)12-7-9(14)8(2)6-10(12)15/h6-7,11,16H,3-5H2,1-2H3,(H,17,18). The van der Waals surface area contributed by atoms with Crippen molar-refractivity contribution in [2.75, 3.05) is 0 Å². The zero-order valence-electron chi connectivity index (χ0n) is 11.7. The van der Waals surface area contributed by atoms with Crippen molar-refractivity contribution in [1.29, 1.82) is 0 Å². The molecular formula is C13H17F2NO4S. The number of unbranched alkanes of at least 4 members (excludes halogenated alkanes) is 1. The van der Waals surface area contributed by atoms with Crippen molar-refractivity contribution in [3.63, 3.8) is 0 Å². The Labute approximate surface area is 122 Å². The summed E-state index contributed by atoms with van der Waals surface area (Å²) in [4.78, 5) is 10.1. The van der Waals surface area contributed by atoms with Crippen molar-refractivity contribution in [3.05, 3.63) is 29.3 Å². The number of rotatable bonds is 7. The number of carboxylic acid groups (broad SMARTS) is 1. The van der Waals surface area contributed by atoms with Crippen LogP contribution >= 0.6 is 0 Å². The smallest absolute Gasteiger partial charge is 0.321 e. The van der Waals surface area contributed by atoms with Gasteiger partial charge in [0, 0.05) is 0 Å². The molecule has 0 radical (unpaired) electrons. The minimum absolute atomic E-state index is 0.0350. The van der Waals surface area contributed by atoms with Gasteiger partial charge in [-0.1, -0.05) is 19.8 Å². The first-order valence-electron chi connectivity index (χ1n) is 6.39. The van der Waals surface area contributed by atoms with E-state index in [-0.39, 0.29) is 12.0 Å². The summed E-state index contributed by atoms with van der Waals surface area (Å²) in [6.45, 7) is 3.12. The van der Waals surface area contributed by atoms with Crippen molar-refractivity contribution >= 4 is 16.0 Å². The van der Waals surface area contributed by atoms with Gasteiger partial charge in [0.1, 0.15) is 22.6 Å². The summed E-state index contributed by atoms with van der Waals surface area (Å²) in [5.74, 6) is -3.36. The topological polar surface area (TPSA) is 83.5 Å². The summed E-state index contributed by atoms with van der Waals surface area (Å²) in [5.41, 5.74) is -0.0350. The van der Waals surface area contributed by atoms with Crippen LogP contribution in [0.5, 0.6) is 0 Å². The summed E-state index contributed by atoms with van der Waals surface area (Å²) >= 11 is 0. The average Bonchev–Trinajstić information content (AvgIpc) is 2.38. The Balaban J connectivity index is 3.10. The average molecular weight is 321 g/mol. The zero-order chi connectivity index (χ0) is 16.2. The molecule has 0 spiro atoms. The van der Waals surface area contributed by atoms with Crippen molar-refractivity contribution in [2.24, 2.45) is 0 Å². The van der Waals surface area contributed by atoms with E-state index < -0.39 is 38.6 Å². The van der Waals surface area contributed by atoms with Crippen LogP contribution < -0.4 is 4.72 Å². The molecule has 1 atom stereocenters. The second-order valence-corrected chi connectivity index (χ2v) is 6.37. The van der Waals surface area contributed by atoms with Crippen LogP contribution in [-0.4, -0.2) is 25.5 Å². The fourth-order valence-electron chi connectivity index (χ4n) is 1.73. The molecule has 21 heavy (non-hydrogen) atoms. The third kappa shape index (κ3) is 4.47. The highest BCUT2D eigenvalue weighted by Gasteiger charge is 2.27. The van der Waals surface area contributed by atoms with Crippen LogP contribution in [0.4, 0.5) is 8.78 Å². The van der Waals surface area contributed by atoms with Gasteiger partial charge in [-0.25, -0.2) is 17.2 Å². The molecule has 0 heterocycles. The molecule has 0 fully saturated rings. The van der Waals surface area contributed by atoms with Gasteiger partial charge in [-0.2, -0.15) is 4.72 Å². The molecular weight excluding hydrogens is 304 g/mol. The van der Waals surface area contributed by atoms with E-state index in [2.05, 4.69) is 0 Å². The number of nitrogens with one attached hydrogen (secondary N) is 1. The maximum Gasteiger partial charge on any atom is 0.321 e. The molecule has 8 heteroatoms. The minimum Gasteiger partial charge on any atom is -0.480 e. The number of hydrogen-bond acceptors (Lipinski definition) is 3. The van der Waals surface area contributed by atoms with E-state index >= 15 is 0 Å². The molecule has 0 aliphatic heterocycles. The Morgan fingerprint density at radius 3 is 2.48 bits per heavy atom. The Hall–Kier alpha value is -1.54. The molecule has 0 saturated carbocycles. The van der Waals surface area contributed by atoms with Crippen LogP contribution in [0.3, 0.4) is 0 Å². The van der Waals surface area contributed by atoms with Gasteiger partial charge in [-0.3, -0.25) is 4.79 Å². The summed E-state index contributed by atoms with van der Waals surface area (Å²) in [6, 6.07) is -0.0732. The molecule has 1 aromatic carbocycles. The SMILES string of the molecule is CCCCC(NS(=O)(=O)c1cc(F)c(C)cc1F)C(=O)O. The second kappa shape index (κ2) is 6.95. The Kier molecular flexibility index (Phi) is 5.79. The lowest BCUT2D eigenvalue weighted by atomic mass is 10.1. The van der Waals surface area contributed by atoms with E-state index in [1.165, 1.54) is 6.92 Å². The van der Waals surface area contributed by atoms with Gasteiger partial charge in [0.15, 0.2) is 0 Å². The van der Waals surface area contributed by atoms with Gasteiger partial charge in [0.25, 0.3) is 0 Å². The summed E-state index contributed by atoms with van der Waals surface area (Å²) in [6.07, 6.45) is 1.24. The Morgan fingerprint density at radius 1 is 1.33 bits per heavy atom. The van der Waals surface area contributed by atoms with Gasteiger partial charge < -0.3 is 5.11 Å². The predicted octanol–water partition coefficient (Wildman–Crippen LogP) is 2.19. The van der Waals surface area contributed by atoms with E-state index in [9.17, 15) is 22.0 Å². The molecule has 0 aromatic heterocycles. The first-order chi connectivity index (χ1) is 9.69. The zero-order valence-corrected chi connectivity index (χ0v) is 12.5. The molecule has 1 rings (SSSR count). The lowest BCUT2D eigenvalue weighted by Crippen LogP contribution is -2.41. The maximum absolute atomic E-state index is 13.7. The summed E-state index contributed by atoms with van der Waals surface area (Å²) in [5, 5.41) is 8.98. The quantitative estimate of drug-likeness (QED) is 0.806. The number of aryl methyl sites for hydroxylation is 1. The molecule has 0 aliphatic carbocycles. The number of hydrogen-bond donors (Lipinski definition) is 2. The Bertz CT molecular complexity index is 631. The van der Waals surface area contributed by atoms with Crippen LogP contribution in [-0.2, 0) is 14.8 Å². The van der Waals surface area contributed by atoms with E-state index in [1.807, 2.05) is 11.6 Å². The highest BCUT2D eigenvalue weighted by Crippen LogP contribution is 2.19.